The van der Waals surface area contributed by atoms with E-state index >= 15 is 0 Å². The van der Waals surface area contributed by atoms with E-state index in [0.717, 1.165) is 5.56 Å². The highest BCUT2D eigenvalue weighted by molar-refractivity contribution is 9.10. The molecule has 0 aromatic heterocycles. The van der Waals surface area contributed by atoms with Gasteiger partial charge in [0.2, 0.25) is 10.0 Å². The molecule has 0 bridgehead atoms. The fourth-order valence-corrected chi connectivity index (χ4v) is 3.88. The van der Waals surface area contributed by atoms with Gasteiger partial charge in [0.15, 0.2) is 0 Å². The summed E-state index contributed by atoms with van der Waals surface area (Å²) in [6.45, 7) is 3.64. The van der Waals surface area contributed by atoms with Crippen LogP contribution >= 0.6 is 15.9 Å². The van der Waals surface area contributed by atoms with Gasteiger partial charge in [-0.05, 0) is 46.5 Å². The Hall–Kier alpha value is -0.920. The zero-order chi connectivity index (χ0) is 14.6. The first-order valence-corrected chi connectivity index (χ1v) is 7.97. The first-order chi connectivity index (χ1) is 8.72. The molecule has 5 nitrogen and oxygen atoms in total. The van der Waals surface area contributed by atoms with Gasteiger partial charge in [-0.3, -0.25) is 4.79 Å². The number of halogens is 1. The first-order valence-electron chi connectivity index (χ1n) is 5.70. The summed E-state index contributed by atoms with van der Waals surface area (Å²) in [7, 11) is -3.63. The average Bonchev–Trinajstić information content (AvgIpc) is 2.25. The maximum absolute atomic E-state index is 12.1. The summed E-state index contributed by atoms with van der Waals surface area (Å²) in [5.41, 5.74) is 0.949. The monoisotopic (exact) mass is 349 g/mol. The second-order valence-corrected chi connectivity index (χ2v) is 7.08. The predicted molar refractivity (Wildman–Crippen MR) is 75.5 cm³/mol. The van der Waals surface area contributed by atoms with E-state index in [1.807, 2.05) is 6.92 Å². The van der Waals surface area contributed by atoms with E-state index < -0.39 is 16.0 Å². The van der Waals surface area contributed by atoms with Crippen molar-refractivity contribution >= 4 is 31.9 Å². The molecule has 1 aromatic carbocycles. The maximum Gasteiger partial charge on any atom is 0.303 e. The van der Waals surface area contributed by atoms with Crippen molar-refractivity contribution in [2.45, 2.75) is 25.2 Å². The molecule has 106 valence electrons. The Balaban J connectivity index is 2.79. The van der Waals surface area contributed by atoms with Gasteiger partial charge in [0.1, 0.15) is 0 Å². The van der Waals surface area contributed by atoms with Crippen LogP contribution in [0.4, 0.5) is 0 Å². The SMILES string of the molecule is Cc1ccc(S(=O)(=O)NCC(C)CC(=O)O)c(Br)c1. The van der Waals surface area contributed by atoms with Crippen molar-refractivity contribution in [1.82, 2.24) is 4.72 Å². The minimum atomic E-state index is -3.63. The fourth-order valence-electron chi connectivity index (χ4n) is 1.52. The lowest BCUT2D eigenvalue weighted by molar-refractivity contribution is -0.137. The van der Waals surface area contributed by atoms with Crippen LogP contribution in [-0.2, 0) is 14.8 Å². The molecule has 0 saturated carbocycles. The third-order valence-corrected chi connectivity index (χ3v) is 4.92. The number of carbonyl (C=O) groups is 1. The van der Waals surface area contributed by atoms with E-state index in [1.54, 1.807) is 19.1 Å². The molecule has 2 N–H and O–H groups in total. The van der Waals surface area contributed by atoms with Crippen molar-refractivity contribution in [1.29, 1.82) is 0 Å². The second-order valence-electron chi connectivity index (χ2n) is 4.49. The van der Waals surface area contributed by atoms with Gasteiger partial charge >= 0.3 is 5.97 Å². The number of nitrogens with one attached hydrogen (secondary N) is 1. The number of hydrogen-bond donors (Lipinski definition) is 2. The molecular formula is C12H16BrNO4S. The van der Waals surface area contributed by atoms with Crippen LogP contribution in [-0.4, -0.2) is 26.0 Å². The number of carboxylic acids is 1. The van der Waals surface area contributed by atoms with Crippen LogP contribution in [0.3, 0.4) is 0 Å². The Morgan fingerprint density at radius 1 is 1.47 bits per heavy atom. The summed E-state index contributed by atoms with van der Waals surface area (Å²) in [6, 6.07) is 4.94. The molecular weight excluding hydrogens is 334 g/mol. The molecule has 7 heteroatoms. The Morgan fingerprint density at radius 2 is 2.11 bits per heavy atom. The maximum atomic E-state index is 12.1. The summed E-state index contributed by atoms with van der Waals surface area (Å²) in [4.78, 5) is 10.7. The summed E-state index contributed by atoms with van der Waals surface area (Å²) < 4.78 is 27.0. The van der Waals surface area contributed by atoms with Crippen LogP contribution < -0.4 is 4.72 Å². The number of benzene rings is 1. The van der Waals surface area contributed by atoms with Crippen molar-refractivity contribution in [3.05, 3.63) is 28.2 Å². The Kier molecular flexibility index (Phi) is 5.51. The number of carboxylic acid groups (broad SMARTS) is 1. The molecule has 1 rings (SSSR count). The molecule has 19 heavy (non-hydrogen) atoms. The summed E-state index contributed by atoms with van der Waals surface area (Å²) >= 11 is 3.22. The second kappa shape index (κ2) is 6.49. The van der Waals surface area contributed by atoms with Crippen LogP contribution in [0.1, 0.15) is 18.9 Å². The van der Waals surface area contributed by atoms with Gasteiger partial charge in [0.05, 0.1) is 4.90 Å². The van der Waals surface area contributed by atoms with Crippen LogP contribution in [0, 0.1) is 12.8 Å². The van der Waals surface area contributed by atoms with Crippen LogP contribution in [0.5, 0.6) is 0 Å². The predicted octanol–water partition coefficient (Wildman–Crippen LogP) is 2.15. The molecule has 1 aromatic rings. The fraction of sp³-hybridized carbons (Fsp3) is 0.417. The summed E-state index contributed by atoms with van der Waals surface area (Å²) in [5, 5.41) is 8.62. The zero-order valence-electron chi connectivity index (χ0n) is 10.7. The molecule has 0 fully saturated rings. The summed E-state index contributed by atoms with van der Waals surface area (Å²) in [5.74, 6) is -1.21. The minimum absolute atomic E-state index is 0.0718. The van der Waals surface area contributed by atoms with Gasteiger partial charge in [-0.15, -0.1) is 0 Å². The van der Waals surface area contributed by atoms with E-state index in [2.05, 4.69) is 20.7 Å². The van der Waals surface area contributed by atoms with Crippen LogP contribution in [0.15, 0.2) is 27.6 Å². The number of sulfonamides is 1. The first kappa shape index (κ1) is 16.1. The van der Waals surface area contributed by atoms with Crippen molar-refractivity contribution in [3.8, 4) is 0 Å². The van der Waals surface area contributed by atoms with Crippen molar-refractivity contribution in [2.75, 3.05) is 6.54 Å². The lowest BCUT2D eigenvalue weighted by atomic mass is 10.1. The average molecular weight is 350 g/mol. The molecule has 0 aliphatic carbocycles. The molecule has 0 saturated heterocycles. The van der Waals surface area contributed by atoms with Crippen molar-refractivity contribution in [2.24, 2.45) is 5.92 Å². The van der Waals surface area contributed by atoms with Gasteiger partial charge < -0.3 is 5.11 Å². The normalized spacial score (nSPS) is 13.2. The van der Waals surface area contributed by atoms with Crippen molar-refractivity contribution < 1.29 is 18.3 Å². The number of aryl methyl sites for hydroxylation is 1. The Labute approximate surface area is 121 Å². The highest BCUT2D eigenvalue weighted by atomic mass is 79.9. The lowest BCUT2D eigenvalue weighted by Gasteiger charge is -2.12. The largest absolute Gasteiger partial charge is 0.481 e. The molecule has 0 heterocycles. The molecule has 0 aliphatic heterocycles. The molecule has 1 unspecified atom stereocenters. The Morgan fingerprint density at radius 3 is 2.63 bits per heavy atom. The van der Waals surface area contributed by atoms with Gasteiger partial charge in [0, 0.05) is 17.4 Å². The molecule has 0 radical (unpaired) electrons. The smallest absolute Gasteiger partial charge is 0.303 e. The van der Waals surface area contributed by atoms with Crippen LogP contribution in [0.2, 0.25) is 0 Å². The van der Waals surface area contributed by atoms with E-state index in [1.165, 1.54) is 6.07 Å². The third-order valence-electron chi connectivity index (χ3n) is 2.52. The topological polar surface area (TPSA) is 83.5 Å². The molecule has 0 spiro atoms. The zero-order valence-corrected chi connectivity index (χ0v) is 13.1. The number of aliphatic carboxylic acids is 1. The van der Waals surface area contributed by atoms with Gasteiger partial charge in [-0.25, -0.2) is 13.1 Å². The van der Waals surface area contributed by atoms with Gasteiger partial charge in [0.25, 0.3) is 0 Å². The highest BCUT2D eigenvalue weighted by Gasteiger charge is 2.19. The standard InChI is InChI=1S/C12H16BrNO4S/c1-8-3-4-11(10(13)5-8)19(17,18)14-7-9(2)6-12(15)16/h3-5,9,14H,6-7H2,1-2H3,(H,15,16). The molecule has 0 aliphatic rings. The van der Waals surface area contributed by atoms with E-state index in [4.69, 9.17) is 5.11 Å². The number of rotatable bonds is 6. The quantitative estimate of drug-likeness (QED) is 0.824. The van der Waals surface area contributed by atoms with Gasteiger partial charge in [-0.1, -0.05) is 13.0 Å². The highest BCUT2D eigenvalue weighted by Crippen LogP contribution is 2.22. The lowest BCUT2D eigenvalue weighted by Crippen LogP contribution is -2.29. The van der Waals surface area contributed by atoms with E-state index in [0.29, 0.717) is 4.47 Å². The van der Waals surface area contributed by atoms with Crippen LogP contribution in [0.25, 0.3) is 0 Å². The third kappa shape index (κ3) is 4.93. The summed E-state index contributed by atoms with van der Waals surface area (Å²) in [6.07, 6.45) is -0.0718. The molecule has 1 atom stereocenters. The minimum Gasteiger partial charge on any atom is -0.481 e. The molecule has 0 amide bonds. The van der Waals surface area contributed by atoms with Crippen molar-refractivity contribution in [3.63, 3.8) is 0 Å². The number of hydrogen-bond acceptors (Lipinski definition) is 3. The van der Waals surface area contributed by atoms with E-state index in [9.17, 15) is 13.2 Å². The van der Waals surface area contributed by atoms with E-state index in [-0.39, 0.29) is 23.8 Å². The Bertz CT molecular complexity index is 571. The van der Waals surface area contributed by atoms with Gasteiger partial charge in [-0.2, -0.15) is 0 Å².